The topological polar surface area (TPSA) is 15.3 Å². The number of nitrogens with one attached hydrogen (secondary N) is 1. The van der Waals surface area contributed by atoms with Gasteiger partial charge in [0.15, 0.2) is 0 Å². The van der Waals surface area contributed by atoms with Crippen LogP contribution in [0.5, 0.6) is 0 Å². The molecule has 1 fully saturated rings. The summed E-state index contributed by atoms with van der Waals surface area (Å²) in [6, 6.07) is 0.773. The lowest BCUT2D eigenvalue weighted by Gasteiger charge is -2.38. The molecule has 1 aliphatic heterocycles. The number of likely N-dealkylation sites (tertiary alicyclic amines) is 1. The minimum Gasteiger partial charge on any atom is -0.320 e. The third-order valence-corrected chi connectivity index (χ3v) is 4.50. The zero-order chi connectivity index (χ0) is 12.0. The van der Waals surface area contributed by atoms with Crippen LogP contribution in [0.4, 0.5) is 0 Å². The molecular formula is C14H30N2. The Hall–Kier alpha value is -0.0800. The summed E-state index contributed by atoms with van der Waals surface area (Å²) >= 11 is 0. The maximum Gasteiger partial charge on any atom is 0.00924 e. The van der Waals surface area contributed by atoms with Crippen molar-refractivity contribution in [2.75, 3.05) is 26.7 Å². The Morgan fingerprint density at radius 2 is 1.88 bits per heavy atom. The van der Waals surface area contributed by atoms with Crippen LogP contribution in [-0.2, 0) is 0 Å². The van der Waals surface area contributed by atoms with Crippen molar-refractivity contribution in [3.05, 3.63) is 0 Å². The largest absolute Gasteiger partial charge is 0.320 e. The maximum absolute atomic E-state index is 3.26. The highest BCUT2D eigenvalue weighted by atomic mass is 15.2. The van der Waals surface area contributed by atoms with Crippen LogP contribution in [0.25, 0.3) is 0 Å². The third-order valence-electron chi connectivity index (χ3n) is 4.50. The maximum atomic E-state index is 3.26. The standard InChI is InChI=1S/C14H30N2/c1-5-12(2)13(3)16-10-7-14(8-11-16)6-9-15-4/h12-15H,5-11H2,1-4H3. The molecule has 0 aromatic heterocycles. The molecule has 0 amide bonds. The fraction of sp³-hybridized carbons (Fsp3) is 1.00. The molecule has 0 spiro atoms. The molecule has 1 N–H and O–H groups in total. The first-order valence-corrected chi connectivity index (χ1v) is 7.07. The van der Waals surface area contributed by atoms with Gasteiger partial charge >= 0.3 is 0 Å². The Bertz CT molecular complexity index is 174. The van der Waals surface area contributed by atoms with Crippen molar-refractivity contribution in [1.82, 2.24) is 10.2 Å². The molecule has 1 rings (SSSR count). The van der Waals surface area contributed by atoms with Crippen LogP contribution in [0.2, 0.25) is 0 Å². The minimum absolute atomic E-state index is 0.773. The van der Waals surface area contributed by atoms with Crippen LogP contribution in [-0.4, -0.2) is 37.6 Å². The molecule has 2 atom stereocenters. The number of rotatable bonds is 6. The van der Waals surface area contributed by atoms with Gasteiger partial charge in [-0.1, -0.05) is 20.3 Å². The van der Waals surface area contributed by atoms with E-state index in [0.29, 0.717) is 0 Å². The van der Waals surface area contributed by atoms with E-state index in [4.69, 9.17) is 0 Å². The normalized spacial score (nSPS) is 23.2. The molecule has 1 saturated heterocycles. The van der Waals surface area contributed by atoms with E-state index in [0.717, 1.165) is 17.9 Å². The lowest BCUT2D eigenvalue weighted by molar-refractivity contribution is 0.106. The van der Waals surface area contributed by atoms with Gasteiger partial charge in [-0.25, -0.2) is 0 Å². The second kappa shape index (κ2) is 7.29. The van der Waals surface area contributed by atoms with E-state index in [2.05, 4.69) is 38.0 Å². The second-order valence-corrected chi connectivity index (χ2v) is 5.50. The van der Waals surface area contributed by atoms with Gasteiger partial charge in [-0.15, -0.1) is 0 Å². The molecule has 0 aromatic rings. The Balaban J connectivity index is 2.25. The van der Waals surface area contributed by atoms with E-state index in [-0.39, 0.29) is 0 Å². The Morgan fingerprint density at radius 1 is 1.25 bits per heavy atom. The van der Waals surface area contributed by atoms with Crippen LogP contribution < -0.4 is 5.32 Å². The van der Waals surface area contributed by atoms with Gasteiger partial charge in [0.1, 0.15) is 0 Å². The molecular weight excluding hydrogens is 196 g/mol. The summed E-state index contributed by atoms with van der Waals surface area (Å²) in [5.41, 5.74) is 0. The van der Waals surface area contributed by atoms with Gasteiger partial charge in [-0.05, 0) is 64.7 Å². The third kappa shape index (κ3) is 4.06. The smallest absolute Gasteiger partial charge is 0.00924 e. The van der Waals surface area contributed by atoms with Crippen LogP contribution in [0.1, 0.15) is 46.5 Å². The van der Waals surface area contributed by atoms with Crippen LogP contribution in [0.15, 0.2) is 0 Å². The zero-order valence-electron chi connectivity index (χ0n) is 11.6. The van der Waals surface area contributed by atoms with E-state index in [1.807, 2.05) is 0 Å². The lowest BCUT2D eigenvalue weighted by atomic mass is 9.90. The lowest BCUT2D eigenvalue weighted by Crippen LogP contribution is -2.43. The van der Waals surface area contributed by atoms with Gasteiger partial charge in [-0.3, -0.25) is 0 Å². The van der Waals surface area contributed by atoms with Gasteiger partial charge in [0.2, 0.25) is 0 Å². The van der Waals surface area contributed by atoms with Crippen molar-refractivity contribution < 1.29 is 0 Å². The van der Waals surface area contributed by atoms with Crippen molar-refractivity contribution in [2.24, 2.45) is 11.8 Å². The summed E-state index contributed by atoms with van der Waals surface area (Å²) in [7, 11) is 2.06. The van der Waals surface area contributed by atoms with E-state index < -0.39 is 0 Å². The highest BCUT2D eigenvalue weighted by Crippen LogP contribution is 2.24. The summed E-state index contributed by atoms with van der Waals surface area (Å²) in [6.45, 7) is 10.9. The molecule has 2 nitrogen and oxygen atoms in total. The predicted octanol–water partition coefficient (Wildman–Crippen LogP) is 2.74. The average Bonchev–Trinajstić information content (AvgIpc) is 2.35. The Morgan fingerprint density at radius 3 is 2.38 bits per heavy atom. The van der Waals surface area contributed by atoms with Gasteiger partial charge in [0, 0.05) is 6.04 Å². The van der Waals surface area contributed by atoms with Crippen molar-refractivity contribution in [3.8, 4) is 0 Å². The predicted molar refractivity (Wildman–Crippen MR) is 71.8 cm³/mol. The Labute approximate surface area is 102 Å². The van der Waals surface area contributed by atoms with E-state index >= 15 is 0 Å². The molecule has 1 heterocycles. The summed E-state index contributed by atoms with van der Waals surface area (Å²) in [5, 5.41) is 3.26. The molecule has 2 unspecified atom stereocenters. The SMILES string of the molecule is CCC(C)C(C)N1CCC(CCNC)CC1. The fourth-order valence-corrected chi connectivity index (χ4v) is 2.70. The van der Waals surface area contributed by atoms with Gasteiger partial charge < -0.3 is 10.2 Å². The molecule has 0 saturated carbocycles. The van der Waals surface area contributed by atoms with Crippen molar-refractivity contribution in [2.45, 2.75) is 52.5 Å². The average molecular weight is 226 g/mol. The van der Waals surface area contributed by atoms with E-state index in [9.17, 15) is 0 Å². The van der Waals surface area contributed by atoms with Gasteiger partial charge in [0.05, 0.1) is 0 Å². The van der Waals surface area contributed by atoms with Crippen LogP contribution in [0.3, 0.4) is 0 Å². The summed E-state index contributed by atoms with van der Waals surface area (Å²) < 4.78 is 0. The highest BCUT2D eigenvalue weighted by molar-refractivity contribution is 4.78. The molecule has 1 aliphatic rings. The van der Waals surface area contributed by atoms with E-state index in [1.54, 1.807) is 0 Å². The molecule has 0 aromatic carbocycles. The molecule has 0 radical (unpaired) electrons. The first kappa shape index (κ1) is 14.0. The summed E-state index contributed by atoms with van der Waals surface area (Å²) in [4.78, 5) is 2.70. The minimum atomic E-state index is 0.773. The quantitative estimate of drug-likeness (QED) is 0.749. The number of piperidine rings is 1. The van der Waals surface area contributed by atoms with Crippen molar-refractivity contribution >= 4 is 0 Å². The summed E-state index contributed by atoms with van der Waals surface area (Å²) in [6.07, 6.45) is 5.48. The second-order valence-electron chi connectivity index (χ2n) is 5.50. The monoisotopic (exact) mass is 226 g/mol. The van der Waals surface area contributed by atoms with Crippen LogP contribution >= 0.6 is 0 Å². The molecule has 16 heavy (non-hydrogen) atoms. The first-order valence-electron chi connectivity index (χ1n) is 7.07. The van der Waals surface area contributed by atoms with Crippen LogP contribution in [0, 0.1) is 11.8 Å². The molecule has 96 valence electrons. The molecule has 0 aliphatic carbocycles. The van der Waals surface area contributed by atoms with Crippen molar-refractivity contribution in [3.63, 3.8) is 0 Å². The first-order chi connectivity index (χ1) is 7.69. The zero-order valence-corrected chi connectivity index (χ0v) is 11.6. The van der Waals surface area contributed by atoms with Gasteiger partial charge in [-0.2, -0.15) is 0 Å². The fourth-order valence-electron chi connectivity index (χ4n) is 2.70. The summed E-state index contributed by atoms with van der Waals surface area (Å²) in [5.74, 6) is 1.81. The number of hydrogen-bond donors (Lipinski definition) is 1. The van der Waals surface area contributed by atoms with Crippen molar-refractivity contribution in [1.29, 1.82) is 0 Å². The van der Waals surface area contributed by atoms with E-state index in [1.165, 1.54) is 45.3 Å². The Kier molecular flexibility index (Phi) is 6.37. The molecule has 2 heteroatoms. The van der Waals surface area contributed by atoms with Gasteiger partial charge in [0.25, 0.3) is 0 Å². The highest BCUT2D eigenvalue weighted by Gasteiger charge is 2.24. The number of nitrogens with zero attached hydrogens (tertiary/aromatic N) is 1. The number of hydrogen-bond acceptors (Lipinski definition) is 2. The molecule has 0 bridgehead atoms.